The average Bonchev–Trinajstić information content (AvgIpc) is 3.03. The maximum atomic E-state index is 13.6. The van der Waals surface area contributed by atoms with E-state index in [4.69, 9.17) is 14.2 Å². The highest BCUT2D eigenvalue weighted by molar-refractivity contribution is 7.91. The molecule has 3 aromatic rings. The first-order valence-corrected chi connectivity index (χ1v) is 16.6. The molecule has 1 saturated heterocycles. The van der Waals surface area contributed by atoms with E-state index in [-0.39, 0.29) is 36.8 Å². The SMILES string of the molecule is CCCN1CC(=O)N[C@H]2CCN(CCS(=O)(=O)c3ccccc3)C[C@@H]2OCc2cccc(c2)Oc2cc(ccc2OC)C1=O. The van der Waals surface area contributed by atoms with Gasteiger partial charge in [0.1, 0.15) is 5.75 Å². The highest BCUT2D eigenvalue weighted by atomic mass is 32.2. The molecule has 2 aliphatic rings. The summed E-state index contributed by atoms with van der Waals surface area (Å²) >= 11 is 0. The summed E-state index contributed by atoms with van der Waals surface area (Å²) in [4.78, 5) is 30.8. The first kappa shape index (κ1) is 31.5. The number of likely N-dealkylation sites (tertiary alicyclic amines) is 1. The van der Waals surface area contributed by atoms with Crippen molar-refractivity contribution in [1.82, 2.24) is 15.1 Å². The van der Waals surface area contributed by atoms with E-state index < -0.39 is 15.9 Å². The maximum Gasteiger partial charge on any atom is 0.254 e. The number of benzene rings is 3. The van der Waals surface area contributed by atoms with E-state index >= 15 is 0 Å². The molecule has 0 saturated carbocycles. The van der Waals surface area contributed by atoms with E-state index in [2.05, 4.69) is 10.2 Å². The molecule has 10 nitrogen and oxygen atoms in total. The number of piperidine rings is 1. The fourth-order valence-corrected chi connectivity index (χ4v) is 6.87. The van der Waals surface area contributed by atoms with Crippen LogP contribution in [0, 0.1) is 0 Å². The van der Waals surface area contributed by atoms with Gasteiger partial charge in [-0.3, -0.25) is 14.5 Å². The highest BCUT2D eigenvalue weighted by Crippen LogP contribution is 2.33. The van der Waals surface area contributed by atoms with Gasteiger partial charge >= 0.3 is 0 Å². The monoisotopic (exact) mass is 621 g/mol. The third-order valence-electron chi connectivity index (χ3n) is 7.88. The van der Waals surface area contributed by atoms with Gasteiger partial charge in [-0.1, -0.05) is 37.3 Å². The average molecular weight is 622 g/mol. The number of nitrogens with zero attached hydrogens (tertiary/aromatic N) is 2. The lowest BCUT2D eigenvalue weighted by atomic mass is 10.0. The molecule has 1 fully saturated rings. The molecule has 0 radical (unpaired) electrons. The summed E-state index contributed by atoms with van der Waals surface area (Å²) in [6, 6.07) is 20.6. The van der Waals surface area contributed by atoms with E-state index in [9.17, 15) is 18.0 Å². The smallest absolute Gasteiger partial charge is 0.254 e. The molecule has 3 aromatic carbocycles. The number of methoxy groups -OCH3 is 1. The summed E-state index contributed by atoms with van der Waals surface area (Å²) in [5.41, 5.74) is 1.26. The first-order chi connectivity index (χ1) is 21.3. The predicted molar refractivity (Wildman–Crippen MR) is 166 cm³/mol. The Morgan fingerprint density at radius 2 is 1.82 bits per heavy atom. The van der Waals surface area contributed by atoms with Crippen LogP contribution >= 0.6 is 0 Å². The summed E-state index contributed by atoms with van der Waals surface area (Å²) in [5.74, 6) is 0.856. The van der Waals surface area contributed by atoms with Crippen molar-refractivity contribution >= 4 is 21.7 Å². The van der Waals surface area contributed by atoms with Gasteiger partial charge in [0.2, 0.25) is 5.91 Å². The molecule has 2 amide bonds. The molecule has 4 bridgehead atoms. The molecular formula is C33H39N3O7S. The van der Waals surface area contributed by atoms with Crippen molar-refractivity contribution in [2.45, 2.75) is 43.4 Å². The second-order valence-electron chi connectivity index (χ2n) is 11.1. The van der Waals surface area contributed by atoms with E-state index in [0.717, 1.165) is 5.56 Å². The third-order valence-corrected chi connectivity index (χ3v) is 9.59. The molecule has 0 aliphatic carbocycles. The number of carbonyl (C=O) groups is 2. The zero-order valence-corrected chi connectivity index (χ0v) is 25.9. The quantitative estimate of drug-likeness (QED) is 0.423. The van der Waals surface area contributed by atoms with Gasteiger partial charge in [0, 0.05) is 31.7 Å². The van der Waals surface area contributed by atoms with Gasteiger partial charge in [0.25, 0.3) is 5.91 Å². The standard InChI is InChI=1S/C33H39N3O7S/c1-3-15-36-22-32(37)34-28-14-16-35(17-18-44(39,40)27-10-5-4-6-11-27)21-31(28)42-23-24-8-7-9-26(19-24)43-30-20-25(33(36)38)12-13-29(30)41-2/h4-13,19-20,28,31H,3,14-18,21-23H2,1-2H3,(H,34,37)/t28-,31-/m0/s1. The van der Waals surface area contributed by atoms with Crippen LogP contribution in [0.5, 0.6) is 17.2 Å². The topological polar surface area (TPSA) is 114 Å². The van der Waals surface area contributed by atoms with Crippen LogP contribution in [0.4, 0.5) is 0 Å². The van der Waals surface area contributed by atoms with Gasteiger partial charge in [-0.25, -0.2) is 8.42 Å². The zero-order valence-electron chi connectivity index (χ0n) is 25.1. The Balaban J connectivity index is 1.38. The second kappa shape index (κ2) is 14.2. The number of ether oxygens (including phenoxy) is 3. The number of rotatable bonds is 7. The molecule has 0 aromatic heterocycles. The van der Waals surface area contributed by atoms with Crippen LogP contribution in [-0.2, 0) is 26.0 Å². The Morgan fingerprint density at radius 3 is 2.59 bits per heavy atom. The summed E-state index contributed by atoms with van der Waals surface area (Å²) in [6.45, 7) is 3.93. The number of fused-ring (bicyclic) bond motifs is 5. The van der Waals surface area contributed by atoms with Crippen LogP contribution in [-0.4, -0.2) is 87.8 Å². The first-order valence-electron chi connectivity index (χ1n) is 14.9. The lowest BCUT2D eigenvalue weighted by molar-refractivity contribution is -0.125. The van der Waals surface area contributed by atoms with Gasteiger partial charge in [0.05, 0.1) is 43.1 Å². The van der Waals surface area contributed by atoms with Gasteiger partial charge in [-0.2, -0.15) is 0 Å². The predicted octanol–water partition coefficient (Wildman–Crippen LogP) is 3.90. The third kappa shape index (κ3) is 7.77. The number of hydrogen-bond acceptors (Lipinski definition) is 8. The van der Waals surface area contributed by atoms with E-state index in [0.29, 0.717) is 66.7 Å². The highest BCUT2D eigenvalue weighted by Gasteiger charge is 2.33. The molecule has 234 valence electrons. The molecule has 2 aliphatic heterocycles. The van der Waals surface area contributed by atoms with Crippen LogP contribution in [0.25, 0.3) is 0 Å². The fourth-order valence-electron chi connectivity index (χ4n) is 5.56. The van der Waals surface area contributed by atoms with E-state index in [1.807, 2.05) is 31.2 Å². The molecule has 1 N–H and O–H groups in total. The molecule has 0 unspecified atom stereocenters. The minimum atomic E-state index is -3.43. The zero-order chi connectivity index (χ0) is 31.1. The van der Waals surface area contributed by atoms with Crippen molar-refractivity contribution in [1.29, 1.82) is 0 Å². The van der Waals surface area contributed by atoms with Crippen molar-refractivity contribution in [3.05, 3.63) is 83.9 Å². The van der Waals surface area contributed by atoms with Crippen LogP contribution < -0.4 is 14.8 Å². The molecule has 5 rings (SSSR count). The molecule has 44 heavy (non-hydrogen) atoms. The Morgan fingerprint density at radius 1 is 1.00 bits per heavy atom. The van der Waals surface area contributed by atoms with Crippen molar-refractivity contribution in [2.75, 3.05) is 45.6 Å². The van der Waals surface area contributed by atoms with Crippen molar-refractivity contribution < 1.29 is 32.2 Å². The minimum Gasteiger partial charge on any atom is -0.493 e. The van der Waals surface area contributed by atoms with Gasteiger partial charge < -0.3 is 24.4 Å². The summed E-state index contributed by atoms with van der Waals surface area (Å²) < 4.78 is 43.9. The Bertz CT molecular complexity index is 1560. The van der Waals surface area contributed by atoms with Crippen LogP contribution in [0.1, 0.15) is 35.7 Å². The number of nitrogens with one attached hydrogen (secondary N) is 1. The van der Waals surface area contributed by atoms with Crippen molar-refractivity contribution in [2.24, 2.45) is 0 Å². The normalized spacial score (nSPS) is 19.9. The van der Waals surface area contributed by atoms with Crippen LogP contribution in [0.15, 0.2) is 77.7 Å². The number of hydrogen-bond donors (Lipinski definition) is 1. The minimum absolute atomic E-state index is 0.0160. The van der Waals surface area contributed by atoms with Crippen LogP contribution in [0.3, 0.4) is 0 Å². The Hall–Kier alpha value is -3.93. The number of amides is 2. The molecule has 0 spiro atoms. The Labute approximate surface area is 258 Å². The molecular weight excluding hydrogens is 582 g/mol. The van der Waals surface area contributed by atoms with Crippen molar-refractivity contribution in [3.63, 3.8) is 0 Å². The van der Waals surface area contributed by atoms with Gasteiger partial charge in [-0.05, 0) is 60.9 Å². The summed E-state index contributed by atoms with van der Waals surface area (Å²) in [7, 11) is -1.90. The van der Waals surface area contributed by atoms with Gasteiger partial charge in [0.15, 0.2) is 21.3 Å². The van der Waals surface area contributed by atoms with Crippen molar-refractivity contribution in [3.8, 4) is 17.2 Å². The number of sulfone groups is 1. The molecule has 2 atom stereocenters. The number of carbonyl (C=O) groups excluding carboxylic acids is 2. The van der Waals surface area contributed by atoms with E-state index in [1.165, 1.54) is 12.0 Å². The molecule has 11 heteroatoms. The second-order valence-corrected chi connectivity index (χ2v) is 13.2. The molecule has 2 heterocycles. The largest absolute Gasteiger partial charge is 0.493 e. The lowest BCUT2D eigenvalue weighted by Crippen LogP contribution is -2.57. The summed E-state index contributed by atoms with van der Waals surface area (Å²) in [5, 5.41) is 3.11. The summed E-state index contributed by atoms with van der Waals surface area (Å²) in [6.07, 6.45) is 0.864. The van der Waals surface area contributed by atoms with Crippen LogP contribution in [0.2, 0.25) is 0 Å². The fraction of sp³-hybridized carbons (Fsp3) is 0.394. The van der Waals surface area contributed by atoms with Gasteiger partial charge in [-0.15, -0.1) is 0 Å². The maximum absolute atomic E-state index is 13.6. The lowest BCUT2D eigenvalue weighted by Gasteiger charge is -2.39. The van der Waals surface area contributed by atoms with E-state index in [1.54, 1.807) is 48.5 Å². The Kier molecular flexibility index (Phi) is 10.2.